The van der Waals surface area contributed by atoms with E-state index in [0.29, 0.717) is 18.5 Å². The lowest BCUT2D eigenvalue weighted by Gasteiger charge is -2.40. The van der Waals surface area contributed by atoms with Crippen LogP contribution in [0.2, 0.25) is 0 Å². The second-order valence-electron chi connectivity index (χ2n) is 9.60. The largest absolute Gasteiger partial charge is 0.309 e. The second kappa shape index (κ2) is 9.31. The molecule has 1 N–H and O–H groups in total. The predicted octanol–water partition coefficient (Wildman–Crippen LogP) is 3.77. The van der Waals surface area contributed by atoms with Crippen LogP contribution in [0.3, 0.4) is 0 Å². The summed E-state index contributed by atoms with van der Waals surface area (Å²) >= 11 is 0. The molecule has 0 spiro atoms. The third kappa shape index (κ3) is 5.29. The molecule has 0 bridgehead atoms. The first kappa shape index (κ1) is 22.5. The number of benzene rings is 1. The molecule has 0 saturated carbocycles. The number of carbonyl (C=O) groups is 1. The fraction of sp³-hybridized carbons (Fsp3) is 0.583. The van der Waals surface area contributed by atoms with Gasteiger partial charge in [0.2, 0.25) is 5.91 Å². The second-order valence-corrected chi connectivity index (χ2v) is 9.60. The van der Waals surface area contributed by atoms with E-state index in [2.05, 4.69) is 56.8 Å². The number of nitrogens with zero attached hydrogens (tertiary/aromatic N) is 4. The molecule has 164 valence electrons. The minimum Gasteiger partial charge on any atom is -0.309 e. The van der Waals surface area contributed by atoms with Crippen LogP contribution in [-0.2, 0) is 10.2 Å². The van der Waals surface area contributed by atoms with Gasteiger partial charge in [-0.1, -0.05) is 52.8 Å². The van der Waals surface area contributed by atoms with Crippen molar-refractivity contribution in [2.75, 3.05) is 38.5 Å². The SMILES string of the molecule is CCN1CC[C@@H](N(C)CC(=O)Nc2cc(C(C)(C)C)nn2-c2ccccc2)[C@H](C)C1. The molecule has 6 heteroatoms. The Labute approximate surface area is 181 Å². The Balaban J connectivity index is 1.72. The van der Waals surface area contributed by atoms with E-state index in [0.717, 1.165) is 43.3 Å². The molecule has 1 amide bonds. The molecule has 1 aromatic carbocycles. The first-order valence-corrected chi connectivity index (χ1v) is 11.1. The molecular weight excluding hydrogens is 374 g/mol. The fourth-order valence-electron chi connectivity index (χ4n) is 4.29. The van der Waals surface area contributed by atoms with Gasteiger partial charge in [0.1, 0.15) is 5.82 Å². The van der Waals surface area contributed by atoms with Gasteiger partial charge in [-0.25, -0.2) is 4.68 Å². The van der Waals surface area contributed by atoms with Crippen LogP contribution in [0.1, 0.15) is 46.7 Å². The number of piperidine rings is 1. The Morgan fingerprint density at radius 2 is 1.97 bits per heavy atom. The molecule has 0 unspecified atom stereocenters. The summed E-state index contributed by atoms with van der Waals surface area (Å²) in [5.41, 5.74) is 1.80. The first-order valence-electron chi connectivity index (χ1n) is 11.1. The third-order valence-corrected chi connectivity index (χ3v) is 6.10. The number of carbonyl (C=O) groups excluding carboxylic acids is 1. The molecule has 1 aliphatic rings. The summed E-state index contributed by atoms with van der Waals surface area (Å²) in [7, 11) is 2.07. The molecule has 0 aliphatic carbocycles. The minimum absolute atomic E-state index is 0.000149. The molecule has 2 heterocycles. The van der Waals surface area contributed by atoms with Crippen molar-refractivity contribution < 1.29 is 4.79 Å². The minimum atomic E-state index is -0.0982. The van der Waals surface area contributed by atoms with Crippen LogP contribution < -0.4 is 5.32 Å². The zero-order chi connectivity index (χ0) is 21.9. The molecule has 1 aromatic heterocycles. The van der Waals surface area contributed by atoms with Gasteiger partial charge < -0.3 is 10.2 Å². The highest BCUT2D eigenvalue weighted by Crippen LogP contribution is 2.26. The fourth-order valence-corrected chi connectivity index (χ4v) is 4.29. The summed E-state index contributed by atoms with van der Waals surface area (Å²) in [5, 5.41) is 7.90. The number of hydrogen-bond donors (Lipinski definition) is 1. The van der Waals surface area contributed by atoms with Gasteiger partial charge in [-0.2, -0.15) is 5.10 Å². The van der Waals surface area contributed by atoms with Crippen molar-refractivity contribution in [1.82, 2.24) is 19.6 Å². The van der Waals surface area contributed by atoms with Crippen LogP contribution in [0.5, 0.6) is 0 Å². The van der Waals surface area contributed by atoms with Gasteiger partial charge in [-0.05, 0) is 44.6 Å². The van der Waals surface area contributed by atoms with E-state index >= 15 is 0 Å². The number of rotatable bonds is 6. The zero-order valence-corrected chi connectivity index (χ0v) is 19.4. The number of amides is 1. The van der Waals surface area contributed by atoms with E-state index in [9.17, 15) is 4.79 Å². The maximum Gasteiger partial charge on any atom is 0.239 e. The van der Waals surface area contributed by atoms with Gasteiger partial charge in [-0.3, -0.25) is 9.69 Å². The molecule has 30 heavy (non-hydrogen) atoms. The predicted molar refractivity (Wildman–Crippen MR) is 123 cm³/mol. The Morgan fingerprint density at radius 3 is 2.57 bits per heavy atom. The number of anilines is 1. The lowest BCUT2D eigenvalue weighted by molar-refractivity contribution is -0.118. The van der Waals surface area contributed by atoms with Gasteiger partial charge in [0.25, 0.3) is 0 Å². The van der Waals surface area contributed by atoms with Gasteiger partial charge in [0, 0.05) is 24.1 Å². The van der Waals surface area contributed by atoms with E-state index < -0.39 is 0 Å². The highest BCUT2D eigenvalue weighted by molar-refractivity contribution is 5.91. The quantitative estimate of drug-likeness (QED) is 0.786. The Morgan fingerprint density at radius 1 is 1.27 bits per heavy atom. The van der Waals surface area contributed by atoms with E-state index in [1.54, 1.807) is 0 Å². The van der Waals surface area contributed by atoms with Crippen molar-refractivity contribution in [3.05, 3.63) is 42.1 Å². The lowest BCUT2D eigenvalue weighted by Crippen LogP contribution is -2.50. The van der Waals surface area contributed by atoms with Crippen LogP contribution >= 0.6 is 0 Å². The summed E-state index contributed by atoms with van der Waals surface area (Å²) < 4.78 is 1.83. The topological polar surface area (TPSA) is 53.4 Å². The molecule has 3 rings (SSSR count). The van der Waals surface area contributed by atoms with Crippen molar-refractivity contribution in [3.8, 4) is 5.69 Å². The molecule has 1 aliphatic heterocycles. The number of hydrogen-bond acceptors (Lipinski definition) is 4. The first-order chi connectivity index (χ1) is 14.2. The van der Waals surface area contributed by atoms with E-state index in [4.69, 9.17) is 5.10 Å². The number of likely N-dealkylation sites (N-methyl/N-ethyl adjacent to an activating group) is 1. The van der Waals surface area contributed by atoms with Gasteiger partial charge in [0.15, 0.2) is 0 Å². The van der Waals surface area contributed by atoms with Gasteiger partial charge in [0.05, 0.1) is 17.9 Å². The van der Waals surface area contributed by atoms with Crippen LogP contribution in [0.15, 0.2) is 36.4 Å². The van der Waals surface area contributed by atoms with E-state index in [1.165, 1.54) is 0 Å². The Hall–Kier alpha value is -2.18. The molecule has 1 fully saturated rings. The Kier molecular flexibility index (Phi) is 6.98. The lowest BCUT2D eigenvalue weighted by atomic mass is 9.92. The molecule has 1 saturated heterocycles. The molecule has 6 nitrogen and oxygen atoms in total. The normalized spacial score (nSPS) is 20.5. The van der Waals surface area contributed by atoms with Crippen LogP contribution in [0.25, 0.3) is 5.69 Å². The average molecular weight is 412 g/mol. The summed E-state index contributed by atoms with van der Waals surface area (Å²) in [5.74, 6) is 1.28. The molecule has 2 atom stereocenters. The maximum atomic E-state index is 12.9. The third-order valence-electron chi connectivity index (χ3n) is 6.10. The Bertz CT molecular complexity index is 839. The summed E-state index contributed by atoms with van der Waals surface area (Å²) in [4.78, 5) is 17.6. The summed E-state index contributed by atoms with van der Waals surface area (Å²) in [6.07, 6.45) is 1.11. The van der Waals surface area contributed by atoms with E-state index in [-0.39, 0.29) is 11.3 Å². The van der Waals surface area contributed by atoms with E-state index in [1.807, 2.05) is 41.1 Å². The maximum absolute atomic E-state index is 12.9. The van der Waals surface area contributed by atoms with Crippen LogP contribution in [-0.4, -0.2) is 64.8 Å². The number of para-hydroxylation sites is 1. The highest BCUT2D eigenvalue weighted by atomic mass is 16.2. The smallest absolute Gasteiger partial charge is 0.239 e. The molecule has 2 aromatic rings. The van der Waals surface area contributed by atoms with Crippen LogP contribution in [0.4, 0.5) is 5.82 Å². The summed E-state index contributed by atoms with van der Waals surface area (Å²) in [6, 6.07) is 12.4. The monoisotopic (exact) mass is 411 g/mol. The van der Waals surface area contributed by atoms with Gasteiger partial charge in [-0.15, -0.1) is 0 Å². The summed E-state index contributed by atoms with van der Waals surface area (Å²) in [6.45, 7) is 14.6. The zero-order valence-electron chi connectivity index (χ0n) is 19.4. The highest BCUT2D eigenvalue weighted by Gasteiger charge is 2.29. The average Bonchev–Trinajstić information content (AvgIpc) is 3.12. The number of nitrogens with one attached hydrogen (secondary N) is 1. The van der Waals surface area contributed by atoms with Crippen molar-refractivity contribution in [2.45, 2.75) is 52.5 Å². The van der Waals surface area contributed by atoms with Crippen molar-refractivity contribution in [2.24, 2.45) is 5.92 Å². The van der Waals surface area contributed by atoms with Crippen molar-refractivity contribution in [1.29, 1.82) is 0 Å². The number of aromatic nitrogens is 2. The van der Waals surface area contributed by atoms with Crippen molar-refractivity contribution >= 4 is 11.7 Å². The molecular formula is C24H37N5O. The van der Waals surface area contributed by atoms with Crippen molar-refractivity contribution in [3.63, 3.8) is 0 Å². The molecule has 0 radical (unpaired) electrons. The van der Waals surface area contributed by atoms with Gasteiger partial charge >= 0.3 is 0 Å². The number of likely N-dealkylation sites (tertiary alicyclic amines) is 1. The standard InChI is InChI=1S/C24H37N5O/c1-7-28-14-13-20(18(2)16-28)27(6)17-23(30)25-22-15-21(24(3,4)5)26-29(22)19-11-9-8-10-12-19/h8-12,15,18,20H,7,13-14,16-17H2,1-6H3,(H,25,30)/t18-,20-/m1/s1. The van der Waals surface area contributed by atoms with Crippen LogP contribution in [0, 0.1) is 5.92 Å².